The Balaban J connectivity index is 2.26. The average molecular weight is 413 g/mol. The normalized spacial score (nSPS) is 19.0. The number of guanidine groups is 1. The average Bonchev–Trinajstić information content (AvgIpc) is 2.65. The van der Waals surface area contributed by atoms with Crippen molar-refractivity contribution in [1.29, 1.82) is 0 Å². The van der Waals surface area contributed by atoms with Crippen molar-refractivity contribution in [2.75, 3.05) is 39.5 Å². The van der Waals surface area contributed by atoms with Crippen LogP contribution in [0.1, 0.15) is 26.3 Å². The lowest BCUT2D eigenvalue weighted by Gasteiger charge is -2.36. The van der Waals surface area contributed by atoms with E-state index in [-0.39, 0.29) is 0 Å². The summed E-state index contributed by atoms with van der Waals surface area (Å²) in [6.45, 7) is 9.61. The predicted molar refractivity (Wildman–Crippen MR) is 115 cm³/mol. The van der Waals surface area contributed by atoms with Crippen molar-refractivity contribution >= 4 is 27.7 Å². The van der Waals surface area contributed by atoms with Gasteiger partial charge in [0.05, 0.1) is 11.4 Å². The van der Waals surface area contributed by atoms with Crippen LogP contribution < -0.4 is 5.32 Å². The molecule has 1 heterocycles. The summed E-state index contributed by atoms with van der Waals surface area (Å²) in [5.74, 6) is 2.56. The number of hydrogen-bond donors (Lipinski definition) is 1. The number of aliphatic imine (C=N–C) groups is 1. The van der Waals surface area contributed by atoms with Crippen LogP contribution in [0.5, 0.6) is 0 Å². The Morgan fingerprint density at radius 3 is 2.70 bits per heavy atom. The van der Waals surface area contributed by atoms with E-state index in [9.17, 15) is 8.42 Å². The molecule has 1 N–H and O–H groups in total. The number of nitrogens with one attached hydrogen (secondary N) is 1. The standard InChI is InChI=1S/C19H32N4O2S2/c1-6-20-19(23-11-12-26-17(14-23)15(2)3)21-13-16-9-7-8-10-18(16)27(24,25)22(4)5/h7-10,15,17H,6,11-14H2,1-5H3,(H,20,21). The number of sulfonamides is 1. The van der Waals surface area contributed by atoms with Gasteiger partial charge in [0, 0.05) is 44.7 Å². The van der Waals surface area contributed by atoms with Crippen molar-refractivity contribution < 1.29 is 8.42 Å². The molecule has 1 unspecified atom stereocenters. The van der Waals surface area contributed by atoms with Crippen molar-refractivity contribution in [1.82, 2.24) is 14.5 Å². The van der Waals surface area contributed by atoms with Crippen LogP contribution in [0.25, 0.3) is 0 Å². The zero-order valence-corrected chi connectivity index (χ0v) is 18.6. The lowest BCUT2D eigenvalue weighted by atomic mass is 10.1. The summed E-state index contributed by atoms with van der Waals surface area (Å²) in [5, 5.41) is 3.96. The molecule has 27 heavy (non-hydrogen) atoms. The summed E-state index contributed by atoms with van der Waals surface area (Å²) in [6, 6.07) is 7.11. The summed E-state index contributed by atoms with van der Waals surface area (Å²) in [7, 11) is -0.381. The molecule has 2 rings (SSSR count). The second kappa shape index (κ2) is 9.80. The first kappa shape index (κ1) is 22.0. The highest BCUT2D eigenvalue weighted by molar-refractivity contribution is 8.00. The molecule has 8 heteroatoms. The van der Waals surface area contributed by atoms with Gasteiger partial charge in [-0.3, -0.25) is 0 Å². The van der Waals surface area contributed by atoms with Gasteiger partial charge in [-0.2, -0.15) is 11.8 Å². The fourth-order valence-electron chi connectivity index (χ4n) is 2.94. The largest absolute Gasteiger partial charge is 0.357 e. The van der Waals surface area contributed by atoms with Gasteiger partial charge in [0.25, 0.3) is 0 Å². The Labute approximate surface area is 168 Å². The van der Waals surface area contributed by atoms with E-state index >= 15 is 0 Å². The molecule has 1 saturated heterocycles. The van der Waals surface area contributed by atoms with Crippen LogP contribution in [0.15, 0.2) is 34.2 Å². The van der Waals surface area contributed by atoms with E-state index < -0.39 is 10.0 Å². The molecule has 1 atom stereocenters. The van der Waals surface area contributed by atoms with Gasteiger partial charge >= 0.3 is 0 Å². The molecular formula is C19H32N4O2S2. The second-order valence-electron chi connectivity index (χ2n) is 7.16. The lowest BCUT2D eigenvalue weighted by molar-refractivity contribution is 0.380. The van der Waals surface area contributed by atoms with Crippen LogP contribution >= 0.6 is 11.8 Å². The minimum Gasteiger partial charge on any atom is -0.357 e. The highest BCUT2D eigenvalue weighted by atomic mass is 32.2. The predicted octanol–water partition coefficient (Wildman–Crippen LogP) is 2.48. The van der Waals surface area contributed by atoms with E-state index in [0.717, 1.165) is 31.3 Å². The van der Waals surface area contributed by atoms with Gasteiger partial charge < -0.3 is 10.2 Å². The molecule has 1 aromatic rings. The number of thioether (sulfide) groups is 1. The second-order valence-corrected chi connectivity index (χ2v) is 10.6. The van der Waals surface area contributed by atoms with Crippen molar-refractivity contribution in [3.05, 3.63) is 29.8 Å². The van der Waals surface area contributed by atoms with E-state index in [1.807, 2.05) is 23.9 Å². The zero-order valence-electron chi connectivity index (χ0n) is 17.0. The Morgan fingerprint density at radius 2 is 2.07 bits per heavy atom. The molecule has 6 nitrogen and oxygen atoms in total. The summed E-state index contributed by atoms with van der Waals surface area (Å²) in [4.78, 5) is 7.40. The van der Waals surface area contributed by atoms with E-state index in [1.165, 1.54) is 4.31 Å². The van der Waals surface area contributed by atoms with Crippen LogP contribution in [-0.4, -0.2) is 68.3 Å². The van der Waals surface area contributed by atoms with Gasteiger partial charge in [-0.05, 0) is 24.5 Å². The van der Waals surface area contributed by atoms with Gasteiger partial charge in [-0.25, -0.2) is 17.7 Å². The molecule has 0 saturated carbocycles. The summed E-state index contributed by atoms with van der Waals surface area (Å²) in [6.07, 6.45) is 0. The maximum atomic E-state index is 12.6. The molecule has 0 spiro atoms. The van der Waals surface area contributed by atoms with E-state index in [2.05, 4.69) is 31.0 Å². The Kier molecular flexibility index (Phi) is 8.00. The zero-order chi connectivity index (χ0) is 20.0. The van der Waals surface area contributed by atoms with Crippen molar-refractivity contribution in [2.24, 2.45) is 10.9 Å². The van der Waals surface area contributed by atoms with Crippen LogP contribution in [0.2, 0.25) is 0 Å². The Bertz CT molecular complexity index is 748. The molecule has 152 valence electrons. The molecule has 1 fully saturated rings. The number of nitrogens with zero attached hydrogens (tertiary/aromatic N) is 3. The molecule has 0 radical (unpaired) electrons. The lowest BCUT2D eigenvalue weighted by Crippen LogP contribution is -2.49. The van der Waals surface area contributed by atoms with Crippen LogP contribution in [0, 0.1) is 5.92 Å². The molecule has 1 aliphatic heterocycles. The van der Waals surface area contributed by atoms with Crippen LogP contribution in [-0.2, 0) is 16.6 Å². The summed E-state index contributed by atoms with van der Waals surface area (Å²) >= 11 is 2.02. The summed E-state index contributed by atoms with van der Waals surface area (Å²) in [5.41, 5.74) is 0.716. The van der Waals surface area contributed by atoms with E-state index in [1.54, 1.807) is 26.2 Å². The monoisotopic (exact) mass is 412 g/mol. The third-order valence-corrected chi connectivity index (χ3v) is 8.06. The summed E-state index contributed by atoms with van der Waals surface area (Å²) < 4.78 is 26.4. The van der Waals surface area contributed by atoms with Crippen LogP contribution in [0.3, 0.4) is 0 Å². The smallest absolute Gasteiger partial charge is 0.242 e. The molecule has 0 amide bonds. The van der Waals surface area contributed by atoms with Gasteiger partial charge in [-0.15, -0.1) is 0 Å². The molecule has 0 aliphatic carbocycles. The fourth-order valence-corrected chi connectivity index (χ4v) is 5.35. The molecule has 0 bridgehead atoms. The quantitative estimate of drug-likeness (QED) is 0.574. The highest BCUT2D eigenvalue weighted by Gasteiger charge is 2.25. The first-order valence-electron chi connectivity index (χ1n) is 9.42. The van der Waals surface area contributed by atoms with Gasteiger partial charge in [0.1, 0.15) is 0 Å². The van der Waals surface area contributed by atoms with Gasteiger partial charge in [-0.1, -0.05) is 32.0 Å². The molecule has 0 aromatic heterocycles. The van der Waals surface area contributed by atoms with Gasteiger partial charge in [0.15, 0.2) is 5.96 Å². The Morgan fingerprint density at radius 1 is 1.37 bits per heavy atom. The van der Waals surface area contributed by atoms with Crippen molar-refractivity contribution in [3.8, 4) is 0 Å². The molecule has 1 aliphatic rings. The first-order chi connectivity index (χ1) is 12.8. The minimum atomic E-state index is -3.49. The number of hydrogen-bond acceptors (Lipinski definition) is 4. The molecule has 1 aromatic carbocycles. The maximum absolute atomic E-state index is 12.6. The maximum Gasteiger partial charge on any atom is 0.242 e. The van der Waals surface area contributed by atoms with Crippen molar-refractivity contribution in [3.63, 3.8) is 0 Å². The van der Waals surface area contributed by atoms with Crippen LogP contribution in [0.4, 0.5) is 0 Å². The number of rotatable bonds is 6. The number of benzene rings is 1. The SMILES string of the molecule is CCNC(=NCc1ccccc1S(=O)(=O)N(C)C)N1CCSC(C(C)C)C1. The van der Waals surface area contributed by atoms with E-state index in [4.69, 9.17) is 4.99 Å². The Hall–Kier alpha value is -1.25. The third kappa shape index (κ3) is 5.62. The topological polar surface area (TPSA) is 65.0 Å². The van der Waals surface area contributed by atoms with Gasteiger partial charge in [0.2, 0.25) is 10.0 Å². The molecular weight excluding hydrogens is 380 g/mol. The first-order valence-corrected chi connectivity index (χ1v) is 11.9. The minimum absolute atomic E-state index is 0.323. The fraction of sp³-hybridized carbons (Fsp3) is 0.632. The third-order valence-electron chi connectivity index (χ3n) is 4.60. The van der Waals surface area contributed by atoms with E-state index in [0.29, 0.717) is 28.2 Å². The van der Waals surface area contributed by atoms with Crippen molar-refractivity contribution in [2.45, 2.75) is 37.5 Å². The highest BCUT2D eigenvalue weighted by Crippen LogP contribution is 2.25.